The molecule has 16 heavy (non-hydrogen) atoms. The van der Waals surface area contributed by atoms with Crippen molar-refractivity contribution in [3.63, 3.8) is 0 Å². The summed E-state index contributed by atoms with van der Waals surface area (Å²) in [7, 11) is 0. The Morgan fingerprint density at radius 1 is 1.38 bits per heavy atom. The van der Waals surface area contributed by atoms with Crippen molar-refractivity contribution in [2.45, 2.75) is 45.2 Å². The van der Waals surface area contributed by atoms with E-state index in [-0.39, 0.29) is 11.8 Å². The van der Waals surface area contributed by atoms with Crippen LogP contribution in [0.2, 0.25) is 0 Å². The minimum Gasteiger partial charge on any atom is -0.480 e. The maximum Gasteiger partial charge on any atom is 0.326 e. The van der Waals surface area contributed by atoms with Crippen LogP contribution in [0.15, 0.2) is 0 Å². The number of nitrogens with one attached hydrogen (secondary N) is 2. The van der Waals surface area contributed by atoms with Crippen molar-refractivity contribution in [2.75, 3.05) is 6.54 Å². The van der Waals surface area contributed by atoms with Crippen LogP contribution in [0.5, 0.6) is 0 Å². The van der Waals surface area contributed by atoms with Crippen molar-refractivity contribution in [3.05, 3.63) is 0 Å². The van der Waals surface area contributed by atoms with Crippen LogP contribution in [0.25, 0.3) is 0 Å². The molecule has 1 atom stereocenters. The van der Waals surface area contributed by atoms with Crippen molar-refractivity contribution >= 4 is 11.9 Å². The predicted octanol–water partition coefficient (Wildman–Crippen LogP) is 0.354. The van der Waals surface area contributed by atoms with Crippen molar-refractivity contribution in [3.8, 4) is 0 Å². The molecule has 3 N–H and O–H groups in total. The van der Waals surface area contributed by atoms with Crippen LogP contribution < -0.4 is 10.6 Å². The lowest BCUT2D eigenvalue weighted by molar-refractivity contribution is -0.142. The first-order chi connectivity index (χ1) is 7.50. The number of amides is 1. The van der Waals surface area contributed by atoms with Gasteiger partial charge in [0.05, 0.1) is 0 Å². The van der Waals surface area contributed by atoms with E-state index in [2.05, 4.69) is 10.6 Å². The molecule has 92 valence electrons. The molecule has 5 nitrogen and oxygen atoms in total. The average molecular weight is 228 g/mol. The average Bonchev–Trinajstić information content (AvgIpc) is 2.96. The van der Waals surface area contributed by atoms with Crippen molar-refractivity contribution in [1.82, 2.24) is 10.6 Å². The van der Waals surface area contributed by atoms with Gasteiger partial charge in [0.1, 0.15) is 6.04 Å². The monoisotopic (exact) mass is 228 g/mol. The number of carboxylic acids is 1. The topological polar surface area (TPSA) is 78.4 Å². The third-order valence-electron chi connectivity index (χ3n) is 2.58. The quantitative estimate of drug-likeness (QED) is 0.587. The zero-order valence-corrected chi connectivity index (χ0v) is 9.82. The van der Waals surface area contributed by atoms with E-state index >= 15 is 0 Å². The Labute approximate surface area is 95.6 Å². The molecule has 1 aliphatic rings. The normalized spacial score (nSPS) is 17.2. The van der Waals surface area contributed by atoms with Gasteiger partial charge < -0.3 is 15.7 Å². The summed E-state index contributed by atoms with van der Waals surface area (Å²) < 4.78 is 0. The zero-order chi connectivity index (χ0) is 12.1. The lowest BCUT2D eigenvalue weighted by Gasteiger charge is -2.14. The molecule has 0 bridgehead atoms. The van der Waals surface area contributed by atoms with Crippen molar-refractivity contribution < 1.29 is 14.7 Å². The molecular weight excluding hydrogens is 208 g/mol. The first kappa shape index (κ1) is 13.0. The lowest BCUT2D eigenvalue weighted by atomic mass is 10.2. The Hall–Kier alpha value is -1.10. The van der Waals surface area contributed by atoms with E-state index in [1.165, 1.54) is 0 Å². The largest absolute Gasteiger partial charge is 0.480 e. The van der Waals surface area contributed by atoms with E-state index in [4.69, 9.17) is 5.11 Å². The second-order valence-corrected chi connectivity index (χ2v) is 4.58. The second kappa shape index (κ2) is 5.84. The summed E-state index contributed by atoms with van der Waals surface area (Å²) in [6.45, 7) is 4.59. The summed E-state index contributed by atoms with van der Waals surface area (Å²) in [5.74, 6) is -0.973. The van der Waals surface area contributed by atoms with Crippen LogP contribution in [0.1, 0.15) is 33.1 Å². The summed E-state index contributed by atoms with van der Waals surface area (Å²) in [5, 5.41) is 14.6. The first-order valence-corrected chi connectivity index (χ1v) is 5.76. The van der Waals surface area contributed by atoms with Crippen LogP contribution in [-0.4, -0.2) is 35.6 Å². The second-order valence-electron chi connectivity index (χ2n) is 4.58. The molecule has 0 heterocycles. The number of hydrogen-bond donors (Lipinski definition) is 3. The van der Waals surface area contributed by atoms with Crippen molar-refractivity contribution in [2.24, 2.45) is 5.92 Å². The van der Waals surface area contributed by atoms with Crippen LogP contribution >= 0.6 is 0 Å². The highest BCUT2D eigenvalue weighted by Crippen LogP contribution is 2.32. The summed E-state index contributed by atoms with van der Waals surface area (Å²) in [6.07, 6.45) is 2.14. The van der Waals surface area contributed by atoms with E-state index in [1.807, 2.05) is 13.8 Å². The van der Waals surface area contributed by atoms with Gasteiger partial charge in [0.25, 0.3) is 0 Å². The number of rotatable bonds is 7. The van der Waals surface area contributed by atoms with E-state index in [9.17, 15) is 9.59 Å². The molecule has 0 aromatic heterocycles. The maximum absolute atomic E-state index is 11.5. The maximum atomic E-state index is 11.5. The molecule has 1 saturated carbocycles. The third kappa shape index (κ3) is 4.61. The fourth-order valence-corrected chi connectivity index (χ4v) is 1.53. The Kier molecular flexibility index (Phi) is 4.73. The minimum absolute atomic E-state index is 0.138. The summed E-state index contributed by atoms with van der Waals surface area (Å²) in [4.78, 5) is 22.3. The molecule has 0 spiro atoms. The van der Waals surface area contributed by atoms with Crippen LogP contribution in [0.4, 0.5) is 0 Å². The molecule has 5 heteroatoms. The molecule has 0 aromatic carbocycles. The molecule has 1 rings (SSSR count). The highest BCUT2D eigenvalue weighted by molar-refractivity contribution is 5.84. The Balaban J connectivity index is 2.23. The molecule has 1 unspecified atom stereocenters. The summed E-state index contributed by atoms with van der Waals surface area (Å²) in [6, 6.07) is -0.349. The van der Waals surface area contributed by atoms with E-state index in [0.717, 1.165) is 12.8 Å². The highest BCUT2D eigenvalue weighted by atomic mass is 16.4. The standard InChI is InChI=1S/C11H20N2O3/c1-7(2)12-6-5-9(14)13-10(11(15)16)8-3-4-8/h7-8,10,12H,3-6H2,1-2H3,(H,13,14)(H,15,16). The van der Waals surface area contributed by atoms with Gasteiger partial charge >= 0.3 is 5.97 Å². The summed E-state index contributed by atoms with van der Waals surface area (Å²) >= 11 is 0. The molecule has 1 fully saturated rings. The fourth-order valence-electron chi connectivity index (χ4n) is 1.53. The van der Waals surface area contributed by atoms with Gasteiger partial charge in [-0.1, -0.05) is 13.8 Å². The van der Waals surface area contributed by atoms with Gasteiger partial charge in [0.2, 0.25) is 5.91 Å². The number of carboxylic acid groups (broad SMARTS) is 1. The Morgan fingerprint density at radius 3 is 2.44 bits per heavy atom. The molecular formula is C11H20N2O3. The van der Waals surface area contributed by atoms with Gasteiger partial charge in [-0.3, -0.25) is 4.79 Å². The molecule has 0 saturated heterocycles. The van der Waals surface area contributed by atoms with Crippen LogP contribution in [0, 0.1) is 5.92 Å². The van der Waals surface area contributed by atoms with Gasteiger partial charge in [0.15, 0.2) is 0 Å². The third-order valence-corrected chi connectivity index (χ3v) is 2.58. The van der Waals surface area contributed by atoms with Gasteiger partial charge in [0, 0.05) is 19.0 Å². The summed E-state index contributed by atoms with van der Waals surface area (Å²) in [5.41, 5.74) is 0. The number of aliphatic carboxylic acids is 1. The van der Waals surface area contributed by atoms with Gasteiger partial charge in [-0.25, -0.2) is 4.79 Å². The zero-order valence-electron chi connectivity index (χ0n) is 9.82. The molecule has 1 aliphatic carbocycles. The van der Waals surface area contributed by atoms with Gasteiger partial charge in [-0.05, 0) is 18.8 Å². The predicted molar refractivity (Wildman–Crippen MR) is 60.0 cm³/mol. The minimum atomic E-state index is -0.923. The van der Waals surface area contributed by atoms with Crippen LogP contribution in [0.3, 0.4) is 0 Å². The molecule has 0 aliphatic heterocycles. The van der Waals surface area contributed by atoms with E-state index in [1.54, 1.807) is 0 Å². The molecule has 0 radical (unpaired) electrons. The van der Waals surface area contributed by atoms with E-state index < -0.39 is 12.0 Å². The molecule has 1 amide bonds. The number of hydrogen-bond acceptors (Lipinski definition) is 3. The highest BCUT2D eigenvalue weighted by Gasteiger charge is 2.37. The molecule has 0 aromatic rings. The smallest absolute Gasteiger partial charge is 0.326 e. The first-order valence-electron chi connectivity index (χ1n) is 5.76. The lowest BCUT2D eigenvalue weighted by Crippen LogP contribution is -2.43. The SMILES string of the molecule is CC(C)NCCC(=O)NC(C(=O)O)C1CC1. The fraction of sp³-hybridized carbons (Fsp3) is 0.818. The number of carbonyl (C=O) groups excluding carboxylic acids is 1. The number of carbonyl (C=O) groups is 2. The van der Waals surface area contributed by atoms with Crippen LogP contribution in [-0.2, 0) is 9.59 Å². The van der Waals surface area contributed by atoms with Gasteiger partial charge in [-0.15, -0.1) is 0 Å². The Bertz CT molecular complexity index is 262. The van der Waals surface area contributed by atoms with E-state index in [0.29, 0.717) is 19.0 Å². The Morgan fingerprint density at radius 2 is 2.00 bits per heavy atom. The van der Waals surface area contributed by atoms with Crippen molar-refractivity contribution in [1.29, 1.82) is 0 Å². The van der Waals surface area contributed by atoms with Gasteiger partial charge in [-0.2, -0.15) is 0 Å².